The highest BCUT2D eigenvalue weighted by Gasteiger charge is 2.02. The number of anilines is 1. The highest BCUT2D eigenvalue weighted by molar-refractivity contribution is 6.01. The van der Waals surface area contributed by atoms with Crippen molar-refractivity contribution < 1.29 is 14.7 Å². The van der Waals surface area contributed by atoms with Crippen molar-refractivity contribution in [2.75, 3.05) is 5.32 Å². The molecule has 0 fully saturated rings. The van der Waals surface area contributed by atoms with E-state index in [2.05, 4.69) is 15.5 Å². The Morgan fingerprint density at radius 2 is 2.33 bits per heavy atom. The van der Waals surface area contributed by atoms with Crippen LogP contribution in [0.5, 0.6) is 0 Å². The van der Waals surface area contributed by atoms with Crippen molar-refractivity contribution in [2.45, 2.75) is 13.3 Å². The number of carbonyl (C=O) groups excluding carboxylic acids is 1. The molecule has 6 heteroatoms. The normalized spacial score (nSPS) is 10.5. The lowest BCUT2D eigenvalue weighted by atomic mass is 10.3. The van der Waals surface area contributed by atoms with E-state index >= 15 is 0 Å². The Kier molecular flexibility index (Phi) is 3.61. The fraction of sp³-hybridized carbons (Fsp3) is 0.222. The Labute approximate surface area is 86.0 Å². The molecule has 0 aliphatic carbocycles. The second kappa shape index (κ2) is 4.94. The Hall–Kier alpha value is -2.11. The molecule has 1 heterocycles. The number of nitrogens with one attached hydrogen (secondary N) is 2. The molecule has 0 unspecified atom stereocenters. The molecule has 0 saturated heterocycles. The van der Waals surface area contributed by atoms with Gasteiger partial charge in [0.1, 0.15) is 0 Å². The number of aryl methyl sites for hydroxylation is 1. The summed E-state index contributed by atoms with van der Waals surface area (Å²) in [5.41, 5.74) is 0.896. The van der Waals surface area contributed by atoms with E-state index < -0.39 is 11.9 Å². The molecule has 1 aromatic heterocycles. The van der Waals surface area contributed by atoms with Crippen molar-refractivity contribution >= 4 is 17.7 Å². The van der Waals surface area contributed by atoms with Gasteiger partial charge in [-0.05, 0) is 6.42 Å². The predicted octanol–water partition coefficient (Wildman–Crippen LogP) is 0.551. The van der Waals surface area contributed by atoms with Crippen molar-refractivity contribution in [3.63, 3.8) is 0 Å². The molecule has 6 nitrogen and oxygen atoms in total. The number of aromatic amines is 1. The highest BCUT2D eigenvalue weighted by Crippen LogP contribution is 2.05. The summed E-state index contributed by atoms with van der Waals surface area (Å²) in [6.07, 6.45) is 2.49. The third-order valence-corrected chi connectivity index (χ3v) is 1.64. The van der Waals surface area contributed by atoms with Gasteiger partial charge in [0.05, 0.1) is 0 Å². The number of hydrogen-bond acceptors (Lipinski definition) is 3. The molecule has 15 heavy (non-hydrogen) atoms. The van der Waals surface area contributed by atoms with Crippen LogP contribution in [0.15, 0.2) is 18.2 Å². The first-order chi connectivity index (χ1) is 7.11. The Bertz CT molecular complexity index is 395. The maximum absolute atomic E-state index is 11.1. The second-order valence-electron chi connectivity index (χ2n) is 2.79. The molecule has 0 saturated carbocycles. The summed E-state index contributed by atoms with van der Waals surface area (Å²) in [5.74, 6) is -1.31. The molecule has 80 valence electrons. The van der Waals surface area contributed by atoms with Gasteiger partial charge in [-0.15, -0.1) is 0 Å². The molecular weight excluding hydrogens is 198 g/mol. The van der Waals surface area contributed by atoms with Gasteiger partial charge in [0, 0.05) is 23.9 Å². The van der Waals surface area contributed by atoms with Gasteiger partial charge in [0.2, 0.25) is 5.91 Å². The van der Waals surface area contributed by atoms with Gasteiger partial charge in [0.25, 0.3) is 0 Å². The summed E-state index contributed by atoms with van der Waals surface area (Å²) in [6, 6.07) is 1.69. The average Bonchev–Trinajstić information content (AvgIpc) is 2.62. The van der Waals surface area contributed by atoms with Crippen molar-refractivity contribution in [3.8, 4) is 0 Å². The lowest BCUT2D eigenvalue weighted by Gasteiger charge is -1.93. The van der Waals surface area contributed by atoms with E-state index in [1.54, 1.807) is 6.07 Å². The topological polar surface area (TPSA) is 95.1 Å². The maximum Gasteiger partial charge on any atom is 0.328 e. The predicted molar refractivity (Wildman–Crippen MR) is 53.4 cm³/mol. The molecule has 0 bridgehead atoms. The number of nitrogens with zero attached hydrogens (tertiary/aromatic N) is 1. The first kappa shape index (κ1) is 11.0. The average molecular weight is 209 g/mol. The van der Waals surface area contributed by atoms with Gasteiger partial charge in [-0.2, -0.15) is 5.10 Å². The Morgan fingerprint density at radius 3 is 2.87 bits per heavy atom. The SMILES string of the molecule is CCc1cc(NC(=O)/C=C/C(=O)O)n[nH]1. The van der Waals surface area contributed by atoms with Crippen LogP contribution in [0.4, 0.5) is 5.82 Å². The van der Waals surface area contributed by atoms with Crippen LogP contribution in [0.3, 0.4) is 0 Å². The summed E-state index contributed by atoms with van der Waals surface area (Å²) in [7, 11) is 0. The number of carbonyl (C=O) groups is 2. The van der Waals surface area contributed by atoms with Gasteiger partial charge in [0.15, 0.2) is 5.82 Å². The zero-order chi connectivity index (χ0) is 11.3. The number of aromatic nitrogens is 2. The standard InChI is InChI=1S/C9H11N3O3/c1-2-6-5-7(12-11-6)10-8(13)3-4-9(14)15/h3-5H,2H2,1H3,(H,14,15)(H2,10,11,12,13)/b4-3+. The smallest absolute Gasteiger partial charge is 0.328 e. The number of H-pyrrole nitrogens is 1. The third kappa shape index (κ3) is 3.63. The molecule has 0 aliphatic rings. The summed E-state index contributed by atoms with van der Waals surface area (Å²) in [5, 5.41) is 17.2. The van der Waals surface area contributed by atoms with Crippen molar-refractivity contribution in [2.24, 2.45) is 0 Å². The fourth-order valence-corrected chi connectivity index (χ4v) is 0.922. The van der Waals surface area contributed by atoms with E-state index in [0.717, 1.165) is 24.3 Å². The first-order valence-electron chi connectivity index (χ1n) is 4.38. The highest BCUT2D eigenvalue weighted by atomic mass is 16.4. The molecular formula is C9H11N3O3. The minimum absolute atomic E-state index is 0.381. The molecule has 0 spiro atoms. The molecule has 1 rings (SSSR count). The largest absolute Gasteiger partial charge is 0.478 e. The quantitative estimate of drug-likeness (QED) is 0.631. The number of rotatable bonds is 4. The van der Waals surface area contributed by atoms with E-state index in [4.69, 9.17) is 5.11 Å². The van der Waals surface area contributed by atoms with Crippen molar-refractivity contribution in [3.05, 3.63) is 23.9 Å². The van der Waals surface area contributed by atoms with E-state index in [0.29, 0.717) is 5.82 Å². The van der Waals surface area contributed by atoms with Crippen LogP contribution in [-0.2, 0) is 16.0 Å². The van der Waals surface area contributed by atoms with Crippen molar-refractivity contribution in [1.82, 2.24) is 10.2 Å². The molecule has 0 atom stereocenters. The molecule has 0 radical (unpaired) electrons. The Balaban J connectivity index is 2.54. The van der Waals surface area contributed by atoms with Gasteiger partial charge in [-0.25, -0.2) is 4.79 Å². The lowest BCUT2D eigenvalue weighted by molar-refractivity contribution is -0.131. The zero-order valence-electron chi connectivity index (χ0n) is 8.15. The van der Waals surface area contributed by atoms with E-state index in [1.807, 2.05) is 6.92 Å². The molecule has 1 amide bonds. The summed E-state index contributed by atoms with van der Waals surface area (Å²) >= 11 is 0. The monoisotopic (exact) mass is 209 g/mol. The van der Waals surface area contributed by atoms with Crippen LogP contribution in [0.2, 0.25) is 0 Å². The molecule has 0 aromatic carbocycles. The molecule has 0 aliphatic heterocycles. The minimum Gasteiger partial charge on any atom is -0.478 e. The van der Waals surface area contributed by atoms with Gasteiger partial charge in [-0.1, -0.05) is 6.92 Å². The lowest BCUT2D eigenvalue weighted by Crippen LogP contribution is -2.08. The van der Waals surface area contributed by atoms with E-state index in [9.17, 15) is 9.59 Å². The van der Waals surface area contributed by atoms with Gasteiger partial charge >= 0.3 is 5.97 Å². The number of aliphatic carboxylic acids is 1. The summed E-state index contributed by atoms with van der Waals surface area (Å²) in [6.45, 7) is 1.95. The molecule has 3 N–H and O–H groups in total. The number of carboxylic acids is 1. The van der Waals surface area contributed by atoms with Crippen LogP contribution < -0.4 is 5.32 Å². The van der Waals surface area contributed by atoms with E-state index in [-0.39, 0.29) is 0 Å². The number of hydrogen-bond donors (Lipinski definition) is 3. The van der Waals surface area contributed by atoms with Gasteiger partial charge < -0.3 is 10.4 Å². The first-order valence-corrected chi connectivity index (χ1v) is 4.38. The zero-order valence-corrected chi connectivity index (χ0v) is 8.15. The minimum atomic E-state index is -1.17. The van der Waals surface area contributed by atoms with Crippen LogP contribution in [-0.4, -0.2) is 27.2 Å². The fourth-order valence-electron chi connectivity index (χ4n) is 0.922. The molecule has 1 aromatic rings. The van der Waals surface area contributed by atoms with Crippen molar-refractivity contribution in [1.29, 1.82) is 0 Å². The Morgan fingerprint density at radius 1 is 1.60 bits per heavy atom. The van der Waals surface area contributed by atoms with Crippen LogP contribution in [0.25, 0.3) is 0 Å². The third-order valence-electron chi connectivity index (χ3n) is 1.64. The van der Waals surface area contributed by atoms with E-state index in [1.165, 1.54) is 0 Å². The summed E-state index contributed by atoms with van der Waals surface area (Å²) in [4.78, 5) is 21.2. The van der Waals surface area contributed by atoms with Crippen LogP contribution >= 0.6 is 0 Å². The van der Waals surface area contributed by atoms with Crippen LogP contribution in [0, 0.1) is 0 Å². The van der Waals surface area contributed by atoms with Crippen LogP contribution in [0.1, 0.15) is 12.6 Å². The maximum atomic E-state index is 11.1. The number of carboxylic acid groups (broad SMARTS) is 1. The summed E-state index contributed by atoms with van der Waals surface area (Å²) < 4.78 is 0. The second-order valence-corrected chi connectivity index (χ2v) is 2.79. The number of amides is 1. The van der Waals surface area contributed by atoms with Gasteiger partial charge in [-0.3, -0.25) is 9.89 Å².